The monoisotopic (exact) mass is 453 g/mol. The van der Waals surface area contributed by atoms with Gasteiger partial charge in [-0.3, -0.25) is 14.3 Å². The van der Waals surface area contributed by atoms with Gasteiger partial charge in [-0.15, -0.1) is 5.10 Å². The summed E-state index contributed by atoms with van der Waals surface area (Å²) < 4.78 is 10.0. The molecule has 8 heteroatoms. The molecule has 170 valence electrons. The third-order valence-electron chi connectivity index (χ3n) is 6.26. The number of benzene rings is 1. The van der Waals surface area contributed by atoms with Gasteiger partial charge in [-0.1, -0.05) is 32.0 Å². The number of piperidine rings is 1. The molecular formula is C24H31N5O2S. The van der Waals surface area contributed by atoms with E-state index in [1.54, 1.807) is 6.26 Å². The van der Waals surface area contributed by atoms with Crippen LogP contribution in [0.3, 0.4) is 0 Å². The van der Waals surface area contributed by atoms with Crippen LogP contribution in [0.5, 0.6) is 0 Å². The number of rotatable bonds is 7. The second-order valence-electron chi connectivity index (χ2n) is 8.83. The molecule has 0 radical (unpaired) electrons. The minimum atomic E-state index is 0.0703. The highest BCUT2D eigenvalue weighted by Gasteiger charge is 2.27. The first-order valence-electron chi connectivity index (χ1n) is 11.3. The Morgan fingerprint density at radius 2 is 1.88 bits per heavy atom. The normalized spacial score (nSPS) is 16.4. The fourth-order valence-corrected chi connectivity index (χ4v) is 4.20. The molecular weight excluding hydrogens is 422 g/mol. The smallest absolute Gasteiger partial charge is 0.223 e. The quantitative estimate of drug-likeness (QED) is 0.534. The highest BCUT2D eigenvalue weighted by molar-refractivity contribution is 7.71. The van der Waals surface area contributed by atoms with Crippen LogP contribution in [0, 0.1) is 16.6 Å². The van der Waals surface area contributed by atoms with Crippen LogP contribution in [0.15, 0.2) is 53.1 Å². The summed E-state index contributed by atoms with van der Waals surface area (Å²) in [7, 11) is 0. The molecule has 2 aromatic heterocycles. The van der Waals surface area contributed by atoms with E-state index in [1.807, 2.05) is 51.7 Å². The number of carbonyl (C=O) groups excluding carboxylic acids is 1. The first-order chi connectivity index (χ1) is 15.4. The molecule has 0 aliphatic carbocycles. The number of nitrogens with one attached hydrogen (secondary N) is 1. The van der Waals surface area contributed by atoms with Crippen LogP contribution in [0.4, 0.5) is 0 Å². The second kappa shape index (κ2) is 9.83. The van der Waals surface area contributed by atoms with Gasteiger partial charge in [0.05, 0.1) is 18.6 Å². The number of carbonyl (C=O) groups is 1. The maximum Gasteiger partial charge on any atom is 0.223 e. The van der Waals surface area contributed by atoms with Crippen molar-refractivity contribution in [3.05, 3.63) is 53.5 Å². The van der Waals surface area contributed by atoms with E-state index in [2.05, 4.69) is 31.0 Å². The highest BCUT2D eigenvalue weighted by atomic mass is 32.1. The van der Waals surface area contributed by atoms with Gasteiger partial charge < -0.3 is 9.73 Å². The van der Waals surface area contributed by atoms with E-state index in [4.69, 9.17) is 21.7 Å². The topological polar surface area (TPSA) is 68.2 Å². The predicted octanol–water partition coefficient (Wildman–Crippen LogP) is 4.49. The van der Waals surface area contributed by atoms with Crippen LogP contribution in [0.2, 0.25) is 0 Å². The Balaban J connectivity index is 1.48. The zero-order valence-corrected chi connectivity index (χ0v) is 19.7. The Labute approximate surface area is 194 Å². The molecule has 4 rings (SSSR count). The summed E-state index contributed by atoms with van der Waals surface area (Å²) in [6.45, 7) is 8.59. The average molecular weight is 454 g/mol. The molecule has 0 saturated carbocycles. The van der Waals surface area contributed by atoms with Crippen LogP contribution in [0.25, 0.3) is 17.3 Å². The van der Waals surface area contributed by atoms with E-state index in [1.165, 1.54) is 0 Å². The Kier molecular flexibility index (Phi) is 6.91. The minimum Gasteiger partial charge on any atom is -0.461 e. The number of likely N-dealkylation sites (tertiary alicyclic amines) is 1. The van der Waals surface area contributed by atoms with Gasteiger partial charge in [-0.2, -0.15) is 0 Å². The Bertz CT molecular complexity index is 1080. The van der Waals surface area contributed by atoms with Crippen LogP contribution in [-0.4, -0.2) is 44.3 Å². The van der Waals surface area contributed by atoms with Crippen molar-refractivity contribution in [3.63, 3.8) is 0 Å². The molecule has 1 fully saturated rings. The van der Waals surface area contributed by atoms with E-state index in [0.29, 0.717) is 28.9 Å². The molecule has 1 amide bonds. The van der Waals surface area contributed by atoms with E-state index >= 15 is 0 Å². The van der Waals surface area contributed by atoms with Crippen molar-refractivity contribution < 1.29 is 9.21 Å². The molecule has 1 aromatic carbocycles. The lowest BCUT2D eigenvalue weighted by atomic mass is 9.95. The lowest BCUT2D eigenvalue weighted by Crippen LogP contribution is -2.44. The first kappa shape index (κ1) is 22.5. The van der Waals surface area contributed by atoms with Gasteiger partial charge >= 0.3 is 0 Å². The van der Waals surface area contributed by atoms with Gasteiger partial charge in [0, 0.05) is 25.0 Å². The standard InChI is InChI=1S/C24H31N5O2S/c1-17(2)18(3)25-23(30)19-11-13-27(14-12-19)16-28-24(32)29(20-8-5-4-6-9-20)22(26-28)21-10-7-15-31-21/h4-10,15,17-19H,11-14,16H2,1-3H3,(H,25,30). The third kappa shape index (κ3) is 4.86. The van der Waals surface area contributed by atoms with E-state index in [-0.39, 0.29) is 17.9 Å². The molecule has 3 heterocycles. The maximum atomic E-state index is 12.6. The lowest BCUT2D eigenvalue weighted by molar-refractivity contribution is -0.127. The zero-order valence-electron chi connectivity index (χ0n) is 18.9. The van der Waals surface area contributed by atoms with Crippen LogP contribution >= 0.6 is 12.2 Å². The van der Waals surface area contributed by atoms with Crippen molar-refractivity contribution >= 4 is 18.1 Å². The number of hydrogen-bond acceptors (Lipinski definition) is 5. The van der Waals surface area contributed by atoms with Gasteiger partial charge in [-0.05, 0) is 62.2 Å². The van der Waals surface area contributed by atoms with Crippen LogP contribution < -0.4 is 5.32 Å². The molecule has 1 unspecified atom stereocenters. The molecule has 1 aliphatic heterocycles. The molecule has 32 heavy (non-hydrogen) atoms. The van der Waals surface area contributed by atoms with Gasteiger partial charge in [0.1, 0.15) is 0 Å². The number of amides is 1. The van der Waals surface area contributed by atoms with Crippen molar-refractivity contribution in [3.8, 4) is 17.3 Å². The zero-order chi connectivity index (χ0) is 22.7. The number of nitrogens with zero attached hydrogens (tertiary/aromatic N) is 4. The molecule has 1 aliphatic rings. The van der Waals surface area contributed by atoms with Gasteiger partial charge in [0.2, 0.25) is 16.5 Å². The summed E-state index contributed by atoms with van der Waals surface area (Å²) in [5.74, 6) is 2.04. The van der Waals surface area contributed by atoms with Crippen molar-refractivity contribution in [1.29, 1.82) is 0 Å². The van der Waals surface area contributed by atoms with Crippen molar-refractivity contribution in [2.45, 2.75) is 46.3 Å². The SMILES string of the molecule is CC(C)C(C)NC(=O)C1CCN(Cn2nc(-c3ccco3)n(-c3ccccc3)c2=S)CC1. The third-order valence-corrected chi connectivity index (χ3v) is 6.65. The Morgan fingerprint density at radius 1 is 1.16 bits per heavy atom. The number of aromatic nitrogens is 3. The number of furan rings is 1. The minimum absolute atomic E-state index is 0.0703. The van der Waals surface area contributed by atoms with Gasteiger partial charge in [0.15, 0.2) is 5.76 Å². The molecule has 1 N–H and O–H groups in total. The Morgan fingerprint density at radius 3 is 2.50 bits per heavy atom. The van der Waals surface area contributed by atoms with Gasteiger partial charge in [-0.25, -0.2) is 4.68 Å². The summed E-state index contributed by atoms with van der Waals surface area (Å²) in [6.07, 6.45) is 3.32. The van der Waals surface area contributed by atoms with Gasteiger partial charge in [0.25, 0.3) is 0 Å². The van der Waals surface area contributed by atoms with E-state index in [9.17, 15) is 4.79 Å². The fourth-order valence-electron chi connectivity index (χ4n) is 3.91. The first-order valence-corrected chi connectivity index (χ1v) is 11.7. The van der Waals surface area contributed by atoms with E-state index in [0.717, 1.165) is 31.6 Å². The maximum absolute atomic E-state index is 12.6. The van der Waals surface area contributed by atoms with Crippen LogP contribution in [0.1, 0.15) is 33.6 Å². The molecule has 1 saturated heterocycles. The van der Waals surface area contributed by atoms with Crippen molar-refractivity contribution in [1.82, 2.24) is 24.6 Å². The number of hydrogen-bond donors (Lipinski definition) is 1. The molecule has 3 aromatic rings. The molecule has 0 spiro atoms. The fraction of sp³-hybridized carbons (Fsp3) is 0.458. The molecule has 7 nitrogen and oxygen atoms in total. The Hall–Kier alpha value is -2.71. The number of para-hydroxylation sites is 1. The summed E-state index contributed by atoms with van der Waals surface area (Å²) in [5.41, 5.74) is 0.949. The highest BCUT2D eigenvalue weighted by Crippen LogP contribution is 2.24. The molecule has 0 bridgehead atoms. The summed E-state index contributed by atoms with van der Waals surface area (Å²) in [4.78, 5) is 14.9. The molecule has 1 atom stereocenters. The van der Waals surface area contributed by atoms with Crippen molar-refractivity contribution in [2.75, 3.05) is 13.1 Å². The second-order valence-corrected chi connectivity index (χ2v) is 9.19. The summed E-state index contributed by atoms with van der Waals surface area (Å²) in [6, 6.07) is 13.9. The van der Waals surface area contributed by atoms with E-state index < -0.39 is 0 Å². The largest absolute Gasteiger partial charge is 0.461 e. The predicted molar refractivity (Wildman–Crippen MR) is 127 cm³/mol. The average Bonchev–Trinajstić information content (AvgIpc) is 3.43. The summed E-state index contributed by atoms with van der Waals surface area (Å²) >= 11 is 5.80. The lowest BCUT2D eigenvalue weighted by Gasteiger charge is -2.31. The van der Waals surface area contributed by atoms with Crippen LogP contribution in [-0.2, 0) is 11.5 Å². The summed E-state index contributed by atoms with van der Waals surface area (Å²) in [5, 5.41) is 7.96. The van der Waals surface area contributed by atoms with Crippen molar-refractivity contribution in [2.24, 2.45) is 11.8 Å².